The Bertz CT molecular complexity index is 633. The largest absolute Gasteiger partial charge is 0.332 e. The van der Waals surface area contributed by atoms with E-state index in [0.717, 1.165) is 30.0 Å². The molecule has 3 N–H and O–H groups in total. The van der Waals surface area contributed by atoms with Crippen molar-refractivity contribution in [2.75, 3.05) is 11.1 Å². The number of unbranched alkanes of at least 4 members (excludes halogenated alkanes) is 1. The Balaban J connectivity index is 1.15. The highest BCUT2D eigenvalue weighted by Gasteiger charge is 2.42. The zero-order valence-corrected chi connectivity index (χ0v) is 14.9. The van der Waals surface area contributed by atoms with Crippen LogP contribution in [-0.4, -0.2) is 45.2 Å². The number of nitrogens with zero attached hydrogens (tertiary/aromatic N) is 2. The van der Waals surface area contributed by atoms with Crippen LogP contribution in [0, 0.1) is 0 Å². The van der Waals surface area contributed by atoms with Crippen LogP contribution in [0.1, 0.15) is 49.5 Å². The van der Waals surface area contributed by atoms with Crippen molar-refractivity contribution < 1.29 is 9.59 Å². The third-order valence-corrected chi connectivity index (χ3v) is 7.20. The van der Waals surface area contributed by atoms with Crippen LogP contribution >= 0.6 is 23.1 Å². The number of rotatable bonds is 7. The third-order valence-electron chi connectivity index (χ3n) is 4.69. The maximum Gasteiger partial charge on any atom is 0.315 e. The first-order valence-corrected chi connectivity index (χ1v) is 10.4. The van der Waals surface area contributed by atoms with E-state index in [4.69, 9.17) is 0 Å². The first-order chi connectivity index (χ1) is 11.7. The Kier molecular flexibility index (Phi) is 4.62. The number of amides is 3. The molecule has 9 heteroatoms. The van der Waals surface area contributed by atoms with Gasteiger partial charge in [-0.25, -0.2) is 4.79 Å². The lowest BCUT2D eigenvalue weighted by molar-refractivity contribution is -0.116. The Morgan fingerprint density at radius 3 is 2.96 bits per heavy atom. The molecule has 3 fully saturated rings. The van der Waals surface area contributed by atoms with Crippen LogP contribution < -0.4 is 16.0 Å². The van der Waals surface area contributed by atoms with Gasteiger partial charge in [0.2, 0.25) is 11.0 Å². The van der Waals surface area contributed by atoms with Gasteiger partial charge in [0, 0.05) is 23.3 Å². The number of fused-ring (bicyclic) bond motifs is 1. The summed E-state index contributed by atoms with van der Waals surface area (Å²) in [5, 5.41) is 19.1. The van der Waals surface area contributed by atoms with Crippen LogP contribution in [-0.2, 0) is 4.79 Å². The monoisotopic (exact) mass is 367 g/mol. The Morgan fingerprint density at radius 1 is 1.25 bits per heavy atom. The zero-order chi connectivity index (χ0) is 16.5. The van der Waals surface area contributed by atoms with Crippen molar-refractivity contribution in [3.8, 4) is 0 Å². The number of urea groups is 1. The smallest absolute Gasteiger partial charge is 0.315 e. The van der Waals surface area contributed by atoms with Crippen LogP contribution in [0.3, 0.4) is 0 Å². The lowest BCUT2D eigenvalue weighted by atomic mass is 10.0. The molecule has 3 heterocycles. The summed E-state index contributed by atoms with van der Waals surface area (Å²) in [5.41, 5.74) is 0. The third kappa shape index (κ3) is 3.66. The van der Waals surface area contributed by atoms with Crippen molar-refractivity contribution in [3.05, 3.63) is 5.01 Å². The van der Waals surface area contributed by atoms with E-state index in [2.05, 4.69) is 26.1 Å². The minimum Gasteiger partial charge on any atom is -0.332 e. The van der Waals surface area contributed by atoms with Crippen molar-refractivity contribution >= 4 is 40.2 Å². The predicted octanol–water partition coefficient (Wildman–Crippen LogP) is 2.08. The van der Waals surface area contributed by atoms with Gasteiger partial charge in [-0.2, -0.15) is 11.8 Å². The maximum atomic E-state index is 12.0. The van der Waals surface area contributed by atoms with Gasteiger partial charge in [-0.1, -0.05) is 17.8 Å². The summed E-state index contributed by atoms with van der Waals surface area (Å²) in [6.45, 7) is 0. The molecule has 130 valence electrons. The van der Waals surface area contributed by atoms with E-state index in [-0.39, 0.29) is 24.0 Å². The number of anilines is 1. The summed E-state index contributed by atoms with van der Waals surface area (Å²) in [5.74, 6) is 1.57. The topological polar surface area (TPSA) is 96.0 Å². The Labute approximate surface area is 148 Å². The number of carbonyl (C=O) groups is 2. The van der Waals surface area contributed by atoms with E-state index in [1.807, 2.05) is 11.8 Å². The molecule has 4 rings (SSSR count). The van der Waals surface area contributed by atoms with E-state index < -0.39 is 0 Å². The summed E-state index contributed by atoms with van der Waals surface area (Å²) >= 11 is 3.41. The standard InChI is InChI=1S/C15H21N5O2S2/c21-11(17-15-20-19-13(24-15)8-5-6-8)4-2-1-3-10-12-9(7-23-10)16-14(22)18-12/h8-10,12H,1-7H2,(H2,16,18,22)(H,17,20,21)/t9-,10+,12-/m1/s1. The maximum absolute atomic E-state index is 12.0. The molecule has 3 atom stereocenters. The van der Waals surface area contributed by atoms with Crippen molar-refractivity contribution in [3.63, 3.8) is 0 Å². The summed E-state index contributed by atoms with van der Waals surface area (Å²) in [7, 11) is 0. The quantitative estimate of drug-likeness (QED) is 0.506. The molecule has 0 bridgehead atoms. The van der Waals surface area contributed by atoms with Crippen molar-refractivity contribution in [1.29, 1.82) is 0 Å². The second-order valence-corrected chi connectivity index (χ2v) is 8.92. The van der Waals surface area contributed by atoms with Crippen molar-refractivity contribution in [2.24, 2.45) is 0 Å². The molecule has 24 heavy (non-hydrogen) atoms. The fraction of sp³-hybridized carbons (Fsp3) is 0.733. The van der Waals surface area contributed by atoms with Crippen LogP contribution in [0.15, 0.2) is 0 Å². The first kappa shape index (κ1) is 16.1. The zero-order valence-electron chi connectivity index (χ0n) is 13.3. The number of thioether (sulfide) groups is 1. The minimum atomic E-state index is -0.0442. The summed E-state index contributed by atoms with van der Waals surface area (Å²) in [6, 6.07) is 0.477. The molecule has 7 nitrogen and oxygen atoms in total. The fourth-order valence-corrected chi connectivity index (χ4v) is 5.71. The predicted molar refractivity (Wildman–Crippen MR) is 94.5 cm³/mol. The SMILES string of the molecule is O=C(CCCC[C@@H]1SC[C@H]2NC(=O)N[C@@H]12)Nc1nnc(C2CC2)s1. The Hall–Kier alpha value is -1.35. The minimum absolute atomic E-state index is 0.0151. The fourth-order valence-electron chi connectivity index (χ4n) is 3.24. The molecule has 0 spiro atoms. The molecular weight excluding hydrogens is 346 g/mol. The number of carbonyl (C=O) groups excluding carboxylic acids is 2. The molecule has 1 aromatic heterocycles. The average molecular weight is 368 g/mol. The van der Waals surface area contributed by atoms with Gasteiger partial charge in [0.05, 0.1) is 12.1 Å². The molecule has 2 aliphatic heterocycles. The Morgan fingerprint density at radius 2 is 2.12 bits per heavy atom. The van der Waals surface area contributed by atoms with E-state index in [1.165, 1.54) is 24.2 Å². The summed E-state index contributed by atoms with van der Waals surface area (Å²) < 4.78 is 0. The van der Waals surface area contributed by atoms with Crippen LogP contribution in [0.25, 0.3) is 0 Å². The molecule has 2 saturated heterocycles. The number of aromatic nitrogens is 2. The normalized spacial score (nSPS) is 28.3. The molecule has 1 saturated carbocycles. The molecule has 1 aromatic rings. The van der Waals surface area contributed by atoms with Crippen molar-refractivity contribution in [2.45, 2.75) is 61.8 Å². The van der Waals surface area contributed by atoms with Crippen LogP contribution in [0.5, 0.6) is 0 Å². The van der Waals surface area contributed by atoms with E-state index in [1.54, 1.807) is 0 Å². The van der Waals surface area contributed by atoms with E-state index in [0.29, 0.717) is 22.7 Å². The molecule has 3 amide bonds. The van der Waals surface area contributed by atoms with Gasteiger partial charge in [0.25, 0.3) is 0 Å². The lowest BCUT2D eigenvalue weighted by Gasteiger charge is -2.16. The second kappa shape index (κ2) is 6.87. The number of nitrogens with one attached hydrogen (secondary N) is 3. The van der Waals surface area contributed by atoms with Gasteiger partial charge in [0.1, 0.15) is 5.01 Å². The summed E-state index contributed by atoms with van der Waals surface area (Å²) in [6.07, 6.45) is 5.78. The van der Waals surface area contributed by atoms with Crippen LogP contribution in [0.4, 0.5) is 9.93 Å². The number of hydrogen-bond donors (Lipinski definition) is 3. The highest BCUT2D eigenvalue weighted by atomic mass is 32.2. The second-order valence-electron chi connectivity index (χ2n) is 6.64. The van der Waals surface area contributed by atoms with E-state index >= 15 is 0 Å². The summed E-state index contributed by atoms with van der Waals surface area (Å²) in [4.78, 5) is 23.3. The molecule has 0 aromatic carbocycles. The van der Waals surface area contributed by atoms with E-state index in [9.17, 15) is 9.59 Å². The molecular formula is C15H21N5O2S2. The molecule has 1 aliphatic carbocycles. The van der Waals surface area contributed by atoms with Crippen LogP contribution in [0.2, 0.25) is 0 Å². The highest BCUT2D eigenvalue weighted by Crippen LogP contribution is 2.42. The molecule has 0 unspecified atom stereocenters. The van der Waals surface area contributed by atoms with Gasteiger partial charge in [-0.05, 0) is 25.7 Å². The van der Waals surface area contributed by atoms with Gasteiger partial charge in [-0.3, -0.25) is 4.79 Å². The molecule has 0 radical (unpaired) electrons. The lowest BCUT2D eigenvalue weighted by Crippen LogP contribution is -2.36. The van der Waals surface area contributed by atoms with Gasteiger partial charge in [-0.15, -0.1) is 10.2 Å². The van der Waals surface area contributed by atoms with Crippen molar-refractivity contribution in [1.82, 2.24) is 20.8 Å². The molecule has 3 aliphatic rings. The highest BCUT2D eigenvalue weighted by molar-refractivity contribution is 8.00. The van der Waals surface area contributed by atoms with Gasteiger partial charge in [0.15, 0.2) is 0 Å². The average Bonchev–Trinajstić information content (AvgIpc) is 3.02. The van der Waals surface area contributed by atoms with Gasteiger partial charge < -0.3 is 16.0 Å². The van der Waals surface area contributed by atoms with Gasteiger partial charge >= 0.3 is 6.03 Å². The number of hydrogen-bond acceptors (Lipinski definition) is 6. The first-order valence-electron chi connectivity index (χ1n) is 8.51.